The van der Waals surface area contributed by atoms with E-state index in [4.69, 9.17) is 0 Å². The zero-order chi connectivity index (χ0) is 22.7. The molecule has 32 heavy (non-hydrogen) atoms. The first kappa shape index (κ1) is 22.1. The Morgan fingerprint density at radius 1 is 0.906 bits per heavy atom. The van der Waals surface area contributed by atoms with Crippen molar-refractivity contribution in [2.75, 3.05) is 6.54 Å². The number of hydrogen-bond acceptors (Lipinski definition) is 3. The van der Waals surface area contributed by atoms with E-state index in [-0.39, 0.29) is 30.2 Å². The number of nitrogens with one attached hydrogen (secondary N) is 1. The van der Waals surface area contributed by atoms with Gasteiger partial charge in [-0.3, -0.25) is 4.79 Å². The summed E-state index contributed by atoms with van der Waals surface area (Å²) < 4.78 is 54.2. The van der Waals surface area contributed by atoms with Crippen LogP contribution in [-0.4, -0.2) is 31.2 Å². The van der Waals surface area contributed by atoms with Crippen LogP contribution in [0.5, 0.6) is 0 Å². The Hall–Kier alpha value is -3.10. The van der Waals surface area contributed by atoms with Gasteiger partial charge in [0.1, 0.15) is 17.7 Å². The first-order valence-corrected chi connectivity index (χ1v) is 11.6. The van der Waals surface area contributed by atoms with Crippen molar-refractivity contribution in [2.45, 2.75) is 30.3 Å². The summed E-state index contributed by atoms with van der Waals surface area (Å²) in [6.45, 7) is 0.332. The summed E-state index contributed by atoms with van der Waals surface area (Å²) in [5.41, 5.74) is 2.60. The minimum Gasteiger partial charge on any atom is -0.354 e. The van der Waals surface area contributed by atoms with Crippen molar-refractivity contribution in [1.82, 2.24) is 9.62 Å². The summed E-state index contributed by atoms with van der Waals surface area (Å²) in [6.07, 6.45) is 0.721. The Balaban J connectivity index is 1.56. The predicted molar refractivity (Wildman–Crippen MR) is 116 cm³/mol. The molecule has 0 aromatic heterocycles. The summed E-state index contributed by atoms with van der Waals surface area (Å²) >= 11 is 0. The molecule has 1 N–H and O–H groups in total. The number of halogens is 2. The molecule has 1 atom stereocenters. The molecule has 1 heterocycles. The first-order valence-electron chi connectivity index (χ1n) is 10.2. The van der Waals surface area contributed by atoms with Gasteiger partial charge in [0, 0.05) is 13.1 Å². The Morgan fingerprint density at radius 3 is 2.16 bits per heavy atom. The van der Waals surface area contributed by atoms with Crippen LogP contribution < -0.4 is 5.32 Å². The van der Waals surface area contributed by atoms with Crippen LogP contribution in [0.2, 0.25) is 0 Å². The zero-order valence-corrected chi connectivity index (χ0v) is 18.0. The third-order valence-corrected chi connectivity index (χ3v) is 7.42. The average molecular weight is 457 g/mol. The number of sulfonamides is 1. The molecule has 1 amide bonds. The molecule has 3 aromatic rings. The van der Waals surface area contributed by atoms with E-state index in [2.05, 4.69) is 5.32 Å². The van der Waals surface area contributed by atoms with E-state index in [1.165, 1.54) is 28.6 Å². The van der Waals surface area contributed by atoms with Crippen LogP contribution >= 0.6 is 0 Å². The summed E-state index contributed by atoms with van der Waals surface area (Å²) in [7, 11) is -4.03. The lowest BCUT2D eigenvalue weighted by Crippen LogP contribution is -2.52. The monoisotopic (exact) mass is 456 g/mol. The SMILES string of the molecule is O=C(NCCc1ccc(F)cc1)[C@@H]1Cc2ccccc2CN1S(=O)(=O)c1ccc(F)cc1. The smallest absolute Gasteiger partial charge is 0.244 e. The van der Waals surface area contributed by atoms with Crippen molar-refractivity contribution < 1.29 is 22.0 Å². The Morgan fingerprint density at radius 2 is 1.50 bits per heavy atom. The lowest BCUT2D eigenvalue weighted by Gasteiger charge is -2.35. The summed E-state index contributed by atoms with van der Waals surface area (Å²) in [5.74, 6) is -1.28. The van der Waals surface area contributed by atoms with Gasteiger partial charge in [-0.2, -0.15) is 4.31 Å². The maximum atomic E-state index is 13.3. The second kappa shape index (κ2) is 9.18. The number of nitrogens with zero attached hydrogens (tertiary/aromatic N) is 1. The normalized spacial score (nSPS) is 16.4. The van der Waals surface area contributed by atoms with Crippen LogP contribution in [-0.2, 0) is 34.2 Å². The highest BCUT2D eigenvalue weighted by atomic mass is 32.2. The highest BCUT2D eigenvalue weighted by Crippen LogP contribution is 2.29. The van der Waals surface area contributed by atoms with Gasteiger partial charge >= 0.3 is 0 Å². The minimum atomic E-state index is -4.03. The highest BCUT2D eigenvalue weighted by molar-refractivity contribution is 7.89. The van der Waals surface area contributed by atoms with E-state index in [0.717, 1.165) is 28.8 Å². The van der Waals surface area contributed by atoms with Crippen molar-refractivity contribution in [2.24, 2.45) is 0 Å². The standard InChI is InChI=1S/C24H22F2N2O3S/c25-20-7-5-17(6-8-20)13-14-27-24(29)23-15-18-3-1-2-4-19(18)16-28(23)32(30,31)22-11-9-21(26)10-12-22/h1-12,23H,13-16H2,(H,27,29)/t23-/m0/s1. The summed E-state index contributed by atoms with van der Waals surface area (Å²) in [6, 6.07) is 17.0. The van der Waals surface area contributed by atoms with Crippen LogP contribution in [0, 0.1) is 11.6 Å². The molecule has 0 spiro atoms. The molecule has 1 aliphatic rings. The molecule has 0 fully saturated rings. The number of amides is 1. The van der Waals surface area contributed by atoms with E-state index < -0.39 is 27.8 Å². The quantitative estimate of drug-likeness (QED) is 0.618. The maximum Gasteiger partial charge on any atom is 0.244 e. The van der Waals surface area contributed by atoms with E-state index >= 15 is 0 Å². The van der Waals surface area contributed by atoms with Crippen LogP contribution in [0.25, 0.3) is 0 Å². The Labute approximate surface area is 185 Å². The van der Waals surface area contributed by atoms with Crippen LogP contribution in [0.4, 0.5) is 8.78 Å². The van der Waals surface area contributed by atoms with Crippen LogP contribution in [0.1, 0.15) is 16.7 Å². The van der Waals surface area contributed by atoms with Gasteiger partial charge < -0.3 is 5.32 Å². The lowest BCUT2D eigenvalue weighted by molar-refractivity contribution is -0.125. The van der Waals surface area contributed by atoms with Gasteiger partial charge in [0.25, 0.3) is 0 Å². The van der Waals surface area contributed by atoms with Crippen molar-refractivity contribution >= 4 is 15.9 Å². The van der Waals surface area contributed by atoms with Gasteiger partial charge in [0.05, 0.1) is 4.90 Å². The molecule has 0 radical (unpaired) electrons. The molecular weight excluding hydrogens is 434 g/mol. The fourth-order valence-corrected chi connectivity index (χ4v) is 5.38. The Bertz CT molecular complexity index is 1210. The fraction of sp³-hybridized carbons (Fsp3) is 0.208. The van der Waals surface area contributed by atoms with Crippen molar-refractivity contribution in [3.63, 3.8) is 0 Å². The highest BCUT2D eigenvalue weighted by Gasteiger charge is 2.39. The lowest BCUT2D eigenvalue weighted by atomic mass is 9.95. The van der Waals surface area contributed by atoms with Gasteiger partial charge in [0.2, 0.25) is 15.9 Å². The third kappa shape index (κ3) is 4.71. The molecule has 5 nitrogen and oxygen atoms in total. The zero-order valence-electron chi connectivity index (χ0n) is 17.2. The second-order valence-corrected chi connectivity index (χ2v) is 9.55. The molecule has 0 unspecified atom stereocenters. The van der Waals surface area contributed by atoms with Crippen LogP contribution in [0.15, 0.2) is 77.7 Å². The number of hydrogen-bond donors (Lipinski definition) is 1. The molecule has 166 valence electrons. The number of benzene rings is 3. The van der Waals surface area contributed by atoms with E-state index in [1.807, 2.05) is 24.3 Å². The molecular formula is C24H22F2N2O3S. The molecule has 0 bridgehead atoms. The van der Waals surface area contributed by atoms with E-state index in [9.17, 15) is 22.0 Å². The van der Waals surface area contributed by atoms with Gasteiger partial charge in [-0.1, -0.05) is 36.4 Å². The van der Waals surface area contributed by atoms with Gasteiger partial charge in [-0.05, 0) is 65.9 Å². The van der Waals surface area contributed by atoms with Gasteiger partial charge in [-0.15, -0.1) is 0 Å². The van der Waals surface area contributed by atoms with E-state index in [1.54, 1.807) is 12.1 Å². The maximum absolute atomic E-state index is 13.3. The van der Waals surface area contributed by atoms with Gasteiger partial charge in [-0.25, -0.2) is 17.2 Å². The second-order valence-electron chi connectivity index (χ2n) is 7.66. The topological polar surface area (TPSA) is 66.5 Å². The molecule has 0 saturated carbocycles. The fourth-order valence-electron chi connectivity index (χ4n) is 3.82. The minimum absolute atomic E-state index is 0.0476. The Kier molecular flexibility index (Phi) is 6.34. The van der Waals surface area contributed by atoms with Crippen LogP contribution in [0.3, 0.4) is 0 Å². The molecule has 3 aromatic carbocycles. The average Bonchev–Trinajstić information content (AvgIpc) is 2.79. The molecule has 1 aliphatic heterocycles. The number of fused-ring (bicyclic) bond motifs is 1. The predicted octanol–water partition coefficient (Wildman–Crippen LogP) is 3.44. The number of carbonyl (C=O) groups excluding carboxylic acids is 1. The largest absolute Gasteiger partial charge is 0.354 e. The summed E-state index contributed by atoms with van der Waals surface area (Å²) in [5, 5.41) is 2.81. The van der Waals surface area contributed by atoms with Crippen molar-refractivity contribution in [3.8, 4) is 0 Å². The first-order chi connectivity index (χ1) is 15.3. The van der Waals surface area contributed by atoms with Crippen molar-refractivity contribution in [3.05, 3.63) is 101 Å². The molecule has 4 rings (SSSR count). The molecule has 0 saturated heterocycles. The van der Waals surface area contributed by atoms with Crippen molar-refractivity contribution in [1.29, 1.82) is 0 Å². The number of carbonyl (C=O) groups is 1. The van der Waals surface area contributed by atoms with E-state index in [0.29, 0.717) is 6.42 Å². The molecule has 8 heteroatoms. The number of rotatable bonds is 6. The third-order valence-electron chi connectivity index (χ3n) is 5.55. The molecule has 0 aliphatic carbocycles. The summed E-state index contributed by atoms with van der Waals surface area (Å²) in [4.78, 5) is 13.0. The van der Waals surface area contributed by atoms with Gasteiger partial charge in [0.15, 0.2) is 0 Å².